The summed E-state index contributed by atoms with van der Waals surface area (Å²) in [6.45, 7) is 1.93. The summed E-state index contributed by atoms with van der Waals surface area (Å²) in [7, 11) is 3.46. The number of aryl methyl sites for hydroxylation is 1. The van der Waals surface area contributed by atoms with E-state index in [4.69, 9.17) is 9.47 Å². The van der Waals surface area contributed by atoms with Gasteiger partial charge in [-0.3, -0.25) is 14.6 Å². The van der Waals surface area contributed by atoms with Crippen LogP contribution in [0.15, 0.2) is 30.9 Å². The van der Waals surface area contributed by atoms with Crippen molar-refractivity contribution in [3.05, 3.63) is 36.4 Å². The van der Waals surface area contributed by atoms with Crippen LogP contribution in [0, 0.1) is 0 Å². The van der Waals surface area contributed by atoms with E-state index in [0.717, 1.165) is 11.3 Å². The molecule has 7 heteroatoms. The molecule has 2 atom stereocenters. The Bertz CT molecular complexity index is 631. The zero-order valence-electron chi connectivity index (χ0n) is 12.7. The van der Waals surface area contributed by atoms with Gasteiger partial charge in [0.25, 0.3) is 0 Å². The minimum absolute atomic E-state index is 0.247. The van der Waals surface area contributed by atoms with Crippen LogP contribution < -0.4 is 9.47 Å². The molecular formula is C15H20N4O3. The molecule has 1 N–H and O–H groups in total. The average Bonchev–Trinajstić information content (AvgIpc) is 3.06. The second-order valence-corrected chi connectivity index (χ2v) is 5.50. The predicted molar refractivity (Wildman–Crippen MR) is 79.7 cm³/mol. The first kappa shape index (κ1) is 14.8. The summed E-state index contributed by atoms with van der Waals surface area (Å²) in [5, 5.41) is 14.2. The Kier molecular flexibility index (Phi) is 4.26. The molecule has 0 spiro atoms. The van der Waals surface area contributed by atoms with Crippen LogP contribution in [0.4, 0.5) is 0 Å². The van der Waals surface area contributed by atoms with E-state index in [2.05, 4.69) is 15.0 Å². The minimum Gasteiger partial charge on any atom is -0.495 e. The van der Waals surface area contributed by atoms with Crippen molar-refractivity contribution in [2.45, 2.75) is 18.8 Å². The molecule has 1 aliphatic heterocycles. The zero-order valence-corrected chi connectivity index (χ0v) is 12.7. The zero-order chi connectivity index (χ0) is 15.5. The molecule has 2 aromatic heterocycles. The first-order chi connectivity index (χ1) is 10.6. The largest absolute Gasteiger partial charge is 0.495 e. The highest BCUT2D eigenvalue weighted by molar-refractivity contribution is 5.23. The summed E-state index contributed by atoms with van der Waals surface area (Å²) in [5.74, 6) is 1.41. The van der Waals surface area contributed by atoms with E-state index in [0.29, 0.717) is 25.4 Å². The Morgan fingerprint density at radius 2 is 2.14 bits per heavy atom. The van der Waals surface area contributed by atoms with Gasteiger partial charge in [0.2, 0.25) is 0 Å². The number of pyridine rings is 1. The monoisotopic (exact) mass is 304 g/mol. The van der Waals surface area contributed by atoms with Crippen molar-refractivity contribution in [1.29, 1.82) is 0 Å². The minimum atomic E-state index is -0.515. The molecule has 0 aliphatic carbocycles. The van der Waals surface area contributed by atoms with Gasteiger partial charge in [-0.05, 0) is 11.6 Å². The Labute approximate surface area is 129 Å². The first-order valence-corrected chi connectivity index (χ1v) is 7.17. The van der Waals surface area contributed by atoms with Gasteiger partial charge < -0.3 is 14.6 Å². The van der Waals surface area contributed by atoms with Gasteiger partial charge in [-0.2, -0.15) is 5.10 Å². The maximum absolute atomic E-state index is 10.2. The standard InChI is InChI=1S/C15H20N4O3/c1-18-8-13(6-17-18)22-15-10-19(9-14(15)20)7-11-3-12(21-2)5-16-4-11/h3-6,8,14-15,20H,7,9-10H2,1-2H3/t14-,15-/m1/s1. The van der Waals surface area contributed by atoms with E-state index in [-0.39, 0.29) is 6.10 Å². The predicted octanol–water partition coefficient (Wildman–Crippen LogP) is 0.448. The molecular weight excluding hydrogens is 284 g/mol. The van der Waals surface area contributed by atoms with E-state index in [1.165, 1.54) is 0 Å². The van der Waals surface area contributed by atoms with Crippen LogP contribution in [0.25, 0.3) is 0 Å². The summed E-state index contributed by atoms with van der Waals surface area (Å²) in [6, 6.07) is 1.95. The van der Waals surface area contributed by atoms with Gasteiger partial charge in [0.05, 0.1) is 25.7 Å². The number of ether oxygens (including phenoxy) is 2. The Hall–Kier alpha value is -2.12. The first-order valence-electron chi connectivity index (χ1n) is 7.17. The Balaban J connectivity index is 1.60. The van der Waals surface area contributed by atoms with Gasteiger partial charge in [-0.25, -0.2) is 0 Å². The molecule has 118 valence electrons. The number of aliphatic hydroxyl groups is 1. The van der Waals surface area contributed by atoms with Crippen molar-refractivity contribution in [1.82, 2.24) is 19.7 Å². The highest BCUT2D eigenvalue weighted by atomic mass is 16.5. The maximum atomic E-state index is 10.2. The van der Waals surface area contributed by atoms with Crippen molar-refractivity contribution in [2.24, 2.45) is 7.05 Å². The second kappa shape index (κ2) is 6.33. The van der Waals surface area contributed by atoms with Crippen LogP contribution >= 0.6 is 0 Å². The number of hydrogen-bond acceptors (Lipinski definition) is 6. The van der Waals surface area contributed by atoms with Crippen LogP contribution in [0.3, 0.4) is 0 Å². The molecule has 0 bridgehead atoms. The van der Waals surface area contributed by atoms with Gasteiger partial charge in [0, 0.05) is 32.9 Å². The Morgan fingerprint density at radius 3 is 2.86 bits per heavy atom. The number of methoxy groups -OCH3 is 1. The van der Waals surface area contributed by atoms with Gasteiger partial charge in [-0.15, -0.1) is 0 Å². The van der Waals surface area contributed by atoms with Gasteiger partial charge in [0.1, 0.15) is 18.0 Å². The van der Waals surface area contributed by atoms with Gasteiger partial charge in [-0.1, -0.05) is 0 Å². The van der Waals surface area contributed by atoms with Crippen LogP contribution in [0.1, 0.15) is 5.56 Å². The maximum Gasteiger partial charge on any atom is 0.157 e. The molecule has 3 heterocycles. The molecule has 0 aromatic carbocycles. The fourth-order valence-corrected chi connectivity index (χ4v) is 2.63. The average molecular weight is 304 g/mol. The molecule has 0 unspecified atom stereocenters. The van der Waals surface area contributed by atoms with Gasteiger partial charge in [0.15, 0.2) is 5.75 Å². The highest BCUT2D eigenvalue weighted by Crippen LogP contribution is 2.20. The Morgan fingerprint density at radius 1 is 1.27 bits per heavy atom. The number of rotatable bonds is 5. The summed E-state index contributed by atoms with van der Waals surface area (Å²) >= 11 is 0. The summed E-state index contributed by atoms with van der Waals surface area (Å²) in [6.07, 6.45) is 6.17. The fraction of sp³-hybridized carbons (Fsp3) is 0.467. The van der Waals surface area contributed by atoms with E-state index in [1.54, 1.807) is 30.4 Å². The fourth-order valence-electron chi connectivity index (χ4n) is 2.63. The SMILES string of the molecule is COc1cncc(CN2C[C@@H](O)[C@H](Oc3cnn(C)c3)C2)c1. The molecule has 2 aromatic rings. The molecule has 0 amide bonds. The number of nitrogens with zero attached hydrogens (tertiary/aromatic N) is 4. The van der Waals surface area contributed by atoms with Crippen molar-refractivity contribution in [2.75, 3.05) is 20.2 Å². The van der Waals surface area contributed by atoms with Crippen LogP contribution in [-0.2, 0) is 13.6 Å². The number of aromatic nitrogens is 3. The normalized spacial score (nSPS) is 22.0. The van der Waals surface area contributed by atoms with Crippen LogP contribution in [0.2, 0.25) is 0 Å². The topological polar surface area (TPSA) is 72.6 Å². The van der Waals surface area contributed by atoms with E-state index in [9.17, 15) is 5.11 Å². The summed E-state index contributed by atoms with van der Waals surface area (Å²) in [5.41, 5.74) is 1.05. The number of β-amino-alcohol motifs (C(OH)–C–C–N with tert-alkyl or cyclic N) is 1. The molecule has 0 radical (unpaired) electrons. The lowest BCUT2D eigenvalue weighted by atomic mass is 10.2. The molecule has 3 rings (SSSR count). The smallest absolute Gasteiger partial charge is 0.157 e. The quantitative estimate of drug-likeness (QED) is 0.864. The molecule has 0 saturated carbocycles. The number of likely N-dealkylation sites (tertiary alicyclic amines) is 1. The van der Waals surface area contributed by atoms with E-state index in [1.807, 2.05) is 19.3 Å². The number of aliphatic hydroxyl groups excluding tert-OH is 1. The third-order valence-corrected chi connectivity index (χ3v) is 3.69. The van der Waals surface area contributed by atoms with Crippen LogP contribution in [-0.4, -0.2) is 57.2 Å². The molecule has 7 nitrogen and oxygen atoms in total. The van der Waals surface area contributed by atoms with Crippen molar-refractivity contribution in [3.8, 4) is 11.5 Å². The second-order valence-electron chi connectivity index (χ2n) is 5.50. The third-order valence-electron chi connectivity index (χ3n) is 3.69. The molecule has 1 saturated heterocycles. The number of hydrogen-bond donors (Lipinski definition) is 1. The summed E-state index contributed by atoms with van der Waals surface area (Å²) < 4.78 is 12.7. The summed E-state index contributed by atoms with van der Waals surface area (Å²) in [4.78, 5) is 6.29. The van der Waals surface area contributed by atoms with Gasteiger partial charge >= 0.3 is 0 Å². The molecule has 1 fully saturated rings. The van der Waals surface area contributed by atoms with Crippen molar-refractivity contribution >= 4 is 0 Å². The lowest BCUT2D eigenvalue weighted by Gasteiger charge is -2.16. The molecule has 22 heavy (non-hydrogen) atoms. The lowest BCUT2D eigenvalue weighted by molar-refractivity contribution is 0.0736. The van der Waals surface area contributed by atoms with E-state index >= 15 is 0 Å². The van der Waals surface area contributed by atoms with Crippen LogP contribution in [0.5, 0.6) is 11.5 Å². The lowest BCUT2D eigenvalue weighted by Crippen LogP contribution is -2.29. The van der Waals surface area contributed by atoms with E-state index < -0.39 is 6.10 Å². The van der Waals surface area contributed by atoms with Crippen molar-refractivity contribution in [3.63, 3.8) is 0 Å². The highest BCUT2D eigenvalue weighted by Gasteiger charge is 2.33. The van der Waals surface area contributed by atoms with Crippen molar-refractivity contribution < 1.29 is 14.6 Å². The third kappa shape index (κ3) is 3.37. The molecule has 1 aliphatic rings.